The summed E-state index contributed by atoms with van der Waals surface area (Å²) in [6, 6.07) is 9.19. The zero-order valence-corrected chi connectivity index (χ0v) is 17.2. The third-order valence-corrected chi connectivity index (χ3v) is 5.21. The average molecular weight is 425 g/mol. The molecule has 0 spiro atoms. The van der Waals surface area contributed by atoms with E-state index in [1.165, 1.54) is 15.8 Å². The van der Waals surface area contributed by atoms with Gasteiger partial charge in [-0.3, -0.25) is 14.3 Å². The van der Waals surface area contributed by atoms with Gasteiger partial charge in [0.1, 0.15) is 12.7 Å². The lowest BCUT2D eigenvalue weighted by atomic mass is 10.2. The third kappa shape index (κ3) is 5.14. The molecule has 4 rings (SSSR count). The lowest BCUT2D eigenvalue weighted by molar-refractivity contribution is -0.133. The van der Waals surface area contributed by atoms with Crippen LogP contribution in [0.5, 0.6) is 0 Å². The van der Waals surface area contributed by atoms with Crippen LogP contribution in [0, 0.1) is 6.92 Å². The third-order valence-electron chi connectivity index (χ3n) is 5.21. The SMILES string of the molecule is Cc1cnn(CC(=O)N2C[C@@H](F)C[C@H]2Cn2cc(C(=O)NCc3ccccc3)nn2)c1. The Labute approximate surface area is 178 Å². The second-order valence-corrected chi connectivity index (χ2v) is 7.74. The molecule has 162 valence electrons. The van der Waals surface area contributed by atoms with Crippen molar-refractivity contribution in [3.05, 3.63) is 65.7 Å². The first kappa shape index (κ1) is 20.7. The van der Waals surface area contributed by atoms with Crippen LogP contribution >= 0.6 is 0 Å². The van der Waals surface area contributed by atoms with E-state index in [2.05, 4.69) is 20.7 Å². The molecule has 1 aliphatic heterocycles. The monoisotopic (exact) mass is 425 g/mol. The second-order valence-electron chi connectivity index (χ2n) is 7.74. The van der Waals surface area contributed by atoms with Gasteiger partial charge < -0.3 is 10.2 Å². The maximum Gasteiger partial charge on any atom is 0.273 e. The Morgan fingerprint density at radius 3 is 2.74 bits per heavy atom. The normalized spacial score (nSPS) is 18.3. The summed E-state index contributed by atoms with van der Waals surface area (Å²) in [5.41, 5.74) is 2.11. The number of hydrogen-bond donors (Lipinski definition) is 1. The molecule has 0 unspecified atom stereocenters. The minimum Gasteiger partial charge on any atom is -0.347 e. The summed E-state index contributed by atoms with van der Waals surface area (Å²) in [7, 11) is 0. The van der Waals surface area contributed by atoms with Gasteiger partial charge in [-0.05, 0) is 18.1 Å². The van der Waals surface area contributed by atoms with Crippen LogP contribution in [0.4, 0.5) is 4.39 Å². The van der Waals surface area contributed by atoms with Crippen LogP contribution in [0.3, 0.4) is 0 Å². The first-order valence-electron chi connectivity index (χ1n) is 10.1. The number of hydrogen-bond acceptors (Lipinski definition) is 5. The minimum atomic E-state index is -1.09. The quantitative estimate of drug-likeness (QED) is 0.616. The van der Waals surface area contributed by atoms with Crippen LogP contribution in [0.15, 0.2) is 48.9 Å². The predicted molar refractivity (Wildman–Crippen MR) is 110 cm³/mol. The maximum atomic E-state index is 14.1. The molecule has 0 saturated carbocycles. The molecule has 1 saturated heterocycles. The number of rotatable bonds is 7. The number of carbonyl (C=O) groups is 2. The summed E-state index contributed by atoms with van der Waals surface area (Å²) < 4.78 is 17.1. The van der Waals surface area contributed by atoms with Crippen LogP contribution < -0.4 is 5.32 Å². The summed E-state index contributed by atoms with van der Waals surface area (Å²) >= 11 is 0. The molecular formula is C21H24FN7O2. The Balaban J connectivity index is 1.35. The number of nitrogens with one attached hydrogen (secondary N) is 1. The van der Waals surface area contributed by atoms with Crippen LogP contribution in [0.2, 0.25) is 0 Å². The number of aromatic nitrogens is 5. The number of aryl methyl sites for hydroxylation is 1. The van der Waals surface area contributed by atoms with Crippen molar-refractivity contribution in [3.8, 4) is 0 Å². The molecule has 2 amide bonds. The molecule has 10 heteroatoms. The molecule has 1 aromatic carbocycles. The predicted octanol–water partition coefficient (Wildman–Crippen LogP) is 1.35. The zero-order valence-electron chi connectivity index (χ0n) is 17.2. The van der Waals surface area contributed by atoms with Crippen LogP contribution in [-0.2, 0) is 24.4 Å². The van der Waals surface area contributed by atoms with Gasteiger partial charge in [0.15, 0.2) is 5.69 Å². The molecule has 31 heavy (non-hydrogen) atoms. The Bertz CT molecular complexity index is 1050. The van der Waals surface area contributed by atoms with Crippen molar-refractivity contribution in [1.29, 1.82) is 0 Å². The Hall–Kier alpha value is -3.56. The molecule has 3 heterocycles. The van der Waals surface area contributed by atoms with Crippen molar-refractivity contribution in [1.82, 2.24) is 35.0 Å². The number of halogens is 1. The van der Waals surface area contributed by atoms with Gasteiger partial charge in [-0.15, -0.1) is 5.10 Å². The number of benzene rings is 1. The zero-order chi connectivity index (χ0) is 21.8. The first-order valence-corrected chi connectivity index (χ1v) is 10.1. The summed E-state index contributed by atoms with van der Waals surface area (Å²) in [5, 5.41) is 14.8. The Morgan fingerprint density at radius 2 is 2.00 bits per heavy atom. The van der Waals surface area contributed by atoms with Gasteiger partial charge in [-0.2, -0.15) is 5.10 Å². The molecule has 1 N–H and O–H groups in total. The lowest BCUT2D eigenvalue weighted by Crippen LogP contribution is -2.40. The van der Waals surface area contributed by atoms with Crippen molar-refractivity contribution in [2.45, 2.75) is 45.2 Å². The highest BCUT2D eigenvalue weighted by atomic mass is 19.1. The van der Waals surface area contributed by atoms with Gasteiger partial charge in [0, 0.05) is 19.2 Å². The minimum absolute atomic E-state index is 0.0445. The Morgan fingerprint density at radius 1 is 1.19 bits per heavy atom. The summed E-state index contributed by atoms with van der Waals surface area (Å²) in [6.07, 6.45) is 4.09. The van der Waals surface area contributed by atoms with Crippen molar-refractivity contribution < 1.29 is 14.0 Å². The van der Waals surface area contributed by atoms with E-state index in [0.29, 0.717) is 6.54 Å². The van der Waals surface area contributed by atoms with E-state index in [-0.39, 0.29) is 49.6 Å². The van der Waals surface area contributed by atoms with E-state index >= 15 is 0 Å². The molecule has 0 bridgehead atoms. The number of likely N-dealkylation sites (tertiary alicyclic amines) is 1. The van der Waals surface area contributed by atoms with Gasteiger partial charge in [-0.25, -0.2) is 9.07 Å². The number of carbonyl (C=O) groups excluding carboxylic acids is 2. The molecule has 1 aliphatic rings. The summed E-state index contributed by atoms with van der Waals surface area (Å²) in [4.78, 5) is 26.6. The van der Waals surface area contributed by atoms with E-state index in [4.69, 9.17) is 0 Å². The fourth-order valence-electron chi connectivity index (χ4n) is 3.70. The molecule has 0 radical (unpaired) electrons. The van der Waals surface area contributed by atoms with E-state index in [1.54, 1.807) is 17.1 Å². The molecule has 0 aliphatic carbocycles. The summed E-state index contributed by atoms with van der Waals surface area (Å²) in [6.45, 7) is 2.64. The molecule has 3 aromatic rings. The van der Waals surface area contributed by atoms with Gasteiger partial charge >= 0.3 is 0 Å². The molecule has 2 aromatic heterocycles. The standard InChI is InChI=1S/C21H24FN7O2/c1-15-8-24-27(10-15)14-20(30)29-11-17(22)7-18(29)12-28-13-19(25-26-28)21(31)23-9-16-5-3-2-4-6-16/h2-6,8,10,13,17-18H,7,9,11-12,14H2,1H3,(H,23,31)/t17-,18-/m0/s1. The smallest absolute Gasteiger partial charge is 0.273 e. The van der Waals surface area contributed by atoms with E-state index in [9.17, 15) is 14.0 Å². The van der Waals surface area contributed by atoms with Crippen LogP contribution in [0.1, 0.15) is 28.0 Å². The highest BCUT2D eigenvalue weighted by Crippen LogP contribution is 2.22. The van der Waals surface area contributed by atoms with Crippen molar-refractivity contribution >= 4 is 11.8 Å². The lowest BCUT2D eigenvalue weighted by Gasteiger charge is -2.24. The van der Waals surface area contributed by atoms with Gasteiger partial charge in [0.2, 0.25) is 5.91 Å². The van der Waals surface area contributed by atoms with Crippen molar-refractivity contribution in [3.63, 3.8) is 0 Å². The Kier molecular flexibility index (Phi) is 6.06. The number of alkyl halides is 1. The summed E-state index contributed by atoms with van der Waals surface area (Å²) in [5.74, 6) is -0.541. The second kappa shape index (κ2) is 9.07. The number of nitrogens with zero attached hydrogens (tertiary/aromatic N) is 6. The largest absolute Gasteiger partial charge is 0.347 e. The highest BCUT2D eigenvalue weighted by molar-refractivity contribution is 5.91. The van der Waals surface area contributed by atoms with E-state index < -0.39 is 6.17 Å². The van der Waals surface area contributed by atoms with Crippen molar-refractivity contribution in [2.75, 3.05) is 6.54 Å². The first-order chi connectivity index (χ1) is 15.0. The molecule has 1 fully saturated rings. The molecule has 9 nitrogen and oxygen atoms in total. The van der Waals surface area contributed by atoms with E-state index in [1.807, 2.05) is 37.3 Å². The van der Waals surface area contributed by atoms with E-state index in [0.717, 1.165) is 11.1 Å². The maximum absolute atomic E-state index is 14.1. The molecular weight excluding hydrogens is 401 g/mol. The van der Waals surface area contributed by atoms with Gasteiger partial charge in [0.05, 0.1) is 31.5 Å². The van der Waals surface area contributed by atoms with Crippen molar-refractivity contribution in [2.24, 2.45) is 0 Å². The number of amides is 2. The van der Waals surface area contributed by atoms with Gasteiger partial charge in [-0.1, -0.05) is 35.5 Å². The average Bonchev–Trinajstić information content (AvgIpc) is 3.48. The van der Waals surface area contributed by atoms with Crippen LogP contribution in [0.25, 0.3) is 0 Å². The van der Waals surface area contributed by atoms with Crippen LogP contribution in [-0.4, -0.2) is 60.2 Å². The van der Waals surface area contributed by atoms with Gasteiger partial charge in [0.25, 0.3) is 5.91 Å². The fraction of sp³-hybridized carbons (Fsp3) is 0.381. The highest BCUT2D eigenvalue weighted by Gasteiger charge is 2.36. The molecule has 2 atom stereocenters. The topological polar surface area (TPSA) is 97.9 Å². The fourth-order valence-corrected chi connectivity index (χ4v) is 3.70.